The molecule has 13 heteroatoms. The van der Waals surface area contributed by atoms with Crippen molar-refractivity contribution in [1.29, 1.82) is 0 Å². The van der Waals surface area contributed by atoms with E-state index < -0.39 is 40.9 Å². The average Bonchev–Trinajstić information content (AvgIpc) is 3.25. The summed E-state index contributed by atoms with van der Waals surface area (Å²) in [6, 6.07) is 1.76. The molecule has 0 spiro atoms. The predicted octanol–water partition coefficient (Wildman–Crippen LogP) is 5.75. The van der Waals surface area contributed by atoms with Crippen LogP contribution >= 0.6 is 22.9 Å². The van der Waals surface area contributed by atoms with Gasteiger partial charge in [-0.05, 0) is 46.8 Å². The molecule has 7 nitrogen and oxygen atoms in total. The molecule has 184 valence electrons. The Balaban J connectivity index is 2.11. The molecule has 0 saturated heterocycles. The standard InChI is InChI=1S/C21H21ClF4N4O3S/c1-8-15(17(22)30-29-8)27-18(31)12-6-13(23)11(7-14(12)33-10(3)21(24,25)26)19-28-16(9(2)34-19)20(4,5)32/h6-7,10,32H,1-5H3,(H,27,31)(H,29,30)/t10-/m0/s1. The van der Waals surface area contributed by atoms with Crippen molar-refractivity contribution in [3.8, 4) is 16.3 Å². The van der Waals surface area contributed by atoms with E-state index >= 15 is 4.39 Å². The molecule has 0 fully saturated rings. The van der Waals surface area contributed by atoms with Crippen LogP contribution in [0.4, 0.5) is 23.2 Å². The topological polar surface area (TPSA) is 100 Å². The first-order valence-corrected chi connectivity index (χ1v) is 11.1. The quantitative estimate of drug-likeness (QED) is 0.359. The Morgan fingerprint density at radius 3 is 2.44 bits per heavy atom. The number of halogens is 5. The third kappa shape index (κ3) is 5.34. The maximum Gasteiger partial charge on any atom is 0.425 e. The van der Waals surface area contributed by atoms with Crippen molar-refractivity contribution in [3.63, 3.8) is 0 Å². The van der Waals surface area contributed by atoms with Gasteiger partial charge in [-0.2, -0.15) is 18.3 Å². The highest BCUT2D eigenvalue weighted by Crippen LogP contribution is 2.38. The highest BCUT2D eigenvalue weighted by Gasteiger charge is 2.39. The van der Waals surface area contributed by atoms with Gasteiger partial charge >= 0.3 is 6.18 Å². The van der Waals surface area contributed by atoms with Gasteiger partial charge in [0.1, 0.15) is 27.9 Å². The minimum Gasteiger partial charge on any atom is -0.480 e. The van der Waals surface area contributed by atoms with Gasteiger partial charge in [-0.25, -0.2) is 9.37 Å². The van der Waals surface area contributed by atoms with Crippen molar-refractivity contribution in [3.05, 3.63) is 44.9 Å². The number of nitrogens with zero attached hydrogens (tertiary/aromatic N) is 2. The molecule has 1 aromatic carbocycles. The van der Waals surface area contributed by atoms with Crippen LogP contribution in [0, 0.1) is 19.7 Å². The first-order chi connectivity index (χ1) is 15.6. The molecule has 34 heavy (non-hydrogen) atoms. The summed E-state index contributed by atoms with van der Waals surface area (Å²) in [4.78, 5) is 17.7. The summed E-state index contributed by atoms with van der Waals surface area (Å²) in [6.45, 7) is 7.01. The number of ether oxygens (including phenoxy) is 1. The van der Waals surface area contributed by atoms with E-state index in [1.165, 1.54) is 13.8 Å². The Kier molecular flexibility index (Phi) is 6.98. The zero-order valence-electron chi connectivity index (χ0n) is 18.7. The summed E-state index contributed by atoms with van der Waals surface area (Å²) in [7, 11) is 0. The maximum absolute atomic E-state index is 15.1. The van der Waals surface area contributed by atoms with Crippen LogP contribution < -0.4 is 10.1 Å². The Hall–Kier alpha value is -2.70. The van der Waals surface area contributed by atoms with Crippen molar-refractivity contribution >= 4 is 34.5 Å². The van der Waals surface area contributed by atoms with Crippen LogP contribution in [0.25, 0.3) is 10.6 Å². The fourth-order valence-corrected chi connectivity index (χ4v) is 4.37. The van der Waals surface area contributed by atoms with Crippen molar-refractivity contribution in [2.45, 2.75) is 52.5 Å². The Morgan fingerprint density at radius 2 is 1.94 bits per heavy atom. The van der Waals surface area contributed by atoms with Gasteiger partial charge in [-0.3, -0.25) is 9.89 Å². The fraction of sp³-hybridized carbons (Fsp3) is 0.381. The normalized spacial score (nSPS) is 13.1. The number of alkyl halides is 3. The van der Waals surface area contributed by atoms with Crippen LogP contribution in [-0.4, -0.2) is 38.5 Å². The number of aromatic nitrogens is 3. The average molecular weight is 521 g/mol. The number of hydrogen-bond donors (Lipinski definition) is 3. The lowest BCUT2D eigenvalue weighted by Gasteiger charge is -2.20. The number of benzene rings is 1. The minimum atomic E-state index is -4.74. The summed E-state index contributed by atoms with van der Waals surface area (Å²) < 4.78 is 59.8. The molecule has 0 aliphatic rings. The van der Waals surface area contributed by atoms with Crippen LogP contribution in [0.15, 0.2) is 12.1 Å². The first kappa shape index (κ1) is 25.9. The maximum atomic E-state index is 15.1. The molecule has 0 bridgehead atoms. The molecular formula is C21H21ClF4N4O3S. The number of anilines is 1. The lowest BCUT2D eigenvalue weighted by Crippen LogP contribution is -2.32. The number of amides is 1. The van der Waals surface area contributed by atoms with Crippen LogP contribution in [0.1, 0.15) is 47.4 Å². The van der Waals surface area contributed by atoms with Crippen LogP contribution in [0.3, 0.4) is 0 Å². The zero-order chi connectivity index (χ0) is 25.6. The van der Waals surface area contributed by atoms with Gasteiger partial charge in [-0.15, -0.1) is 11.3 Å². The predicted molar refractivity (Wildman–Crippen MR) is 120 cm³/mol. The van der Waals surface area contributed by atoms with E-state index in [1.54, 1.807) is 13.8 Å². The number of aryl methyl sites for hydroxylation is 2. The summed E-state index contributed by atoms with van der Waals surface area (Å²) in [6.07, 6.45) is -7.03. The Labute approximate surface area is 201 Å². The summed E-state index contributed by atoms with van der Waals surface area (Å²) in [5.41, 5.74) is -1.20. The number of aromatic amines is 1. The third-order valence-corrected chi connectivity index (χ3v) is 6.10. The van der Waals surface area contributed by atoms with Gasteiger partial charge in [0, 0.05) is 10.4 Å². The van der Waals surface area contributed by atoms with Crippen molar-refractivity contribution in [2.75, 3.05) is 5.32 Å². The van der Waals surface area contributed by atoms with Crippen LogP contribution in [0.2, 0.25) is 5.15 Å². The fourth-order valence-electron chi connectivity index (χ4n) is 3.05. The molecule has 0 aliphatic heterocycles. The summed E-state index contributed by atoms with van der Waals surface area (Å²) in [5, 5.41) is 19.0. The molecular weight excluding hydrogens is 500 g/mol. The number of nitrogens with one attached hydrogen (secondary N) is 2. The van der Waals surface area contributed by atoms with Crippen molar-refractivity contribution < 1.29 is 32.2 Å². The smallest absolute Gasteiger partial charge is 0.425 e. The molecule has 1 atom stereocenters. The molecule has 1 amide bonds. The molecule has 0 saturated carbocycles. The van der Waals surface area contributed by atoms with E-state index in [2.05, 4.69) is 20.5 Å². The first-order valence-electron chi connectivity index (χ1n) is 9.89. The molecule has 2 aromatic heterocycles. The van der Waals surface area contributed by atoms with Crippen LogP contribution in [-0.2, 0) is 5.60 Å². The molecule has 0 unspecified atom stereocenters. The van der Waals surface area contributed by atoms with E-state index in [1.807, 2.05) is 0 Å². The summed E-state index contributed by atoms with van der Waals surface area (Å²) >= 11 is 6.96. The second-order valence-electron chi connectivity index (χ2n) is 8.08. The molecule has 2 heterocycles. The van der Waals surface area contributed by atoms with Gasteiger partial charge in [0.05, 0.1) is 17.0 Å². The molecule has 0 radical (unpaired) electrons. The van der Waals surface area contributed by atoms with Gasteiger partial charge in [0.2, 0.25) is 0 Å². The highest BCUT2D eigenvalue weighted by molar-refractivity contribution is 7.15. The minimum absolute atomic E-state index is 0.0773. The van der Waals surface area contributed by atoms with Gasteiger partial charge < -0.3 is 15.2 Å². The number of thiazole rings is 1. The lowest BCUT2D eigenvalue weighted by atomic mass is 10.0. The SMILES string of the molecule is Cc1[nH]nc(Cl)c1NC(=O)c1cc(F)c(-c2nc(C(C)(C)O)c(C)s2)cc1O[C@@H](C)C(F)(F)F. The monoisotopic (exact) mass is 520 g/mol. The van der Waals surface area contributed by atoms with Gasteiger partial charge in [0.15, 0.2) is 11.3 Å². The van der Waals surface area contributed by atoms with E-state index in [0.29, 0.717) is 16.3 Å². The van der Waals surface area contributed by atoms with Crippen molar-refractivity contribution in [1.82, 2.24) is 15.2 Å². The number of carbonyl (C=O) groups excluding carboxylic acids is 1. The largest absolute Gasteiger partial charge is 0.480 e. The molecule has 0 aliphatic carbocycles. The number of H-pyrrole nitrogens is 1. The molecule has 3 aromatic rings. The van der Waals surface area contributed by atoms with E-state index in [-0.39, 0.29) is 21.4 Å². The third-order valence-electron chi connectivity index (χ3n) is 4.83. The molecule has 3 N–H and O–H groups in total. The second kappa shape index (κ2) is 9.16. The van der Waals surface area contributed by atoms with E-state index in [0.717, 1.165) is 30.4 Å². The number of hydrogen-bond acceptors (Lipinski definition) is 6. The Morgan fingerprint density at radius 1 is 1.29 bits per heavy atom. The number of aliphatic hydroxyl groups is 1. The zero-order valence-corrected chi connectivity index (χ0v) is 20.3. The van der Waals surface area contributed by atoms with E-state index in [9.17, 15) is 23.1 Å². The second-order valence-corrected chi connectivity index (χ2v) is 9.64. The van der Waals surface area contributed by atoms with Gasteiger partial charge in [-0.1, -0.05) is 11.6 Å². The lowest BCUT2D eigenvalue weighted by molar-refractivity contribution is -0.189. The molecule has 3 rings (SSSR count). The van der Waals surface area contributed by atoms with Crippen LogP contribution in [0.5, 0.6) is 5.75 Å². The highest BCUT2D eigenvalue weighted by atomic mass is 35.5. The number of rotatable bonds is 6. The summed E-state index contributed by atoms with van der Waals surface area (Å²) in [5.74, 6) is -2.37. The van der Waals surface area contributed by atoms with Gasteiger partial charge in [0.25, 0.3) is 5.91 Å². The number of carbonyl (C=O) groups is 1. The van der Waals surface area contributed by atoms with E-state index in [4.69, 9.17) is 16.3 Å². The van der Waals surface area contributed by atoms with Crippen molar-refractivity contribution in [2.24, 2.45) is 0 Å². The Bertz CT molecular complexity index is 1210.